The largest absolute Gasteiger partial charge is 0.487 e. The maximum absolute atomic E-state index is 13.2. The van der Waals surface area contributed by atoms with E-state index in [4.69, 9.17) is 4.74 Å². The fraction of sp³-hybridized carbons (Fsp3) is 0.304. The molecule has 1 aliphatic heterocycles. The molecule has 4 rings (SSSR count). The van der Waals surface area contributed by atoms with Crippen LogP contribution in [0.3, 0.4) is 0 Å². The van der Waals surface area contributed by atoms with Gasteiger partial charge in [-0.15, -0.1) is 11.3 Å². The van der Waals surface area contributed by atoms with Crippen LogP contribution in [-0.4, -0.2) is 22.3 Å². The summed E-state index contributed by atoms with van der Waals surface area (Å²) in [7, 11) is 0. The first-order valence-corrected chi connectivity index (χ1v) is 10.5. The molecule has 0 aliphatic carbocycles. The second-order valence-electron chi connectivity index (χ2n) is 7.30. The number of nitrogens with zero attached hydrogens (tertiary/aromatic N) is 2. The standard InChI is InChI=1S/C23H24N2O2S/c1-16-8-9-18(11-17(16)2)22-7-4-10-25(22)23(26)19-5-3-6-21(12-19)27-13-20-14-28-15-24-20/h3,5-6,8-9,11-12,14-15,22H,4,7,10,13H2,1-2H3. The zero-order valence-electron chi connectivity index (χ0n) is 16.2. The van der Waals surface area contributed by atoms with Crippen LogP contribution < -0.4 is 4.74 Å². The fourth-order valence-corrected chi connectivity index (χ4v) is 4.22. The summed E-state index contributed by atoms with van der Waals surface area (Å²) in [4.78, 5) is 19.5. The van der Waals surface area contributed by atoms with Crippen molar-refractivity contribution in [2.75, 3.05) is 6.54 Å². The van der Waals surface area contributed by atoms with Gasteiger partial charge in [0.25, 0.3) is 5.91 Å². The minimum absolute atomic E-state index is 0.0693. The zero-order chi connectivity index (χ0) is 19.5. The number of hydrogen-bond acceptors (Lipinski definition) is 4. The molecule has 1 amide bonds. The highest BCUT2D eigenvalue weighted by atomic mass is 32.1. The van der Waals surface area contributed by atoms with Gasteiger partial charge in [0.05, 0.1) is 17.2 Å². The first kappa shape index (κ1) is 18.7. The van der Waals surface area contributed by atoms with Crippen molar-refractivity contribution in [1.29, 1.82) is 0 Å². The summed E-state index contributed by atoms with van der Waals surface area (Å²) >= 11 is 1.55. The summed E-state index contributed by atoms with van der Waals surface area (Å²) in [6, 6.07) is 14.1. The van der Waals surface area contributed by atoms with Crippen LogP contribution in [0.15, 0.2) is 53.4 Å². The van der Waals surface area contributed by atoms with Crippen LogP contribution in [0.1, 0.15) is 51.6 Å². The van der Waals surface area contributed by atoms with E-state index in [0.717, 1.165) is 25.1 Å². The van der Waals surface area contributed by atoms with Crippen molar-refractivity contribution in [3.63, 3.8) is 0 Å². The Balaban J connectivity index is 1.51. The lowest BCUT2D eigenvalue weighted by Crippen LogP contribution is -2.30. The first-order chi connectivity index (χ1) is 13.6. The number of carbonyl (C=O) groups is 1. The molecule has 4 nitrogen and oxygen atoms in total. The van der Waals surface area contributed by atoms with E-state index in [1.54, 1.807) is 16.8 Å². The molecule has 1 aliphatic rings. The third-order valence-electron chi connectivity index (χ3n) is 5.38. The lowest BCUT2D eigenvalue weighted by atomic mass is 9.99. The summed E-state index contributed by atoms with van der Waals surface area (Å²) in [6.07, 6.45) is 2.04. The summed E-state index contributed by atoms with van der Waals surface area (Å²) in [6.45, 7) is 5.45. The van der Waals surface area contributed by atoms with Gasteiger partial charge in [-0.2, -0.15) is 0 Å². The van der Waals surface area contributed by atoms with E-state index in [-0.39, 0.29) is 11.9 Å². The molecular weight excluding hydrogens is 368 g/mol. The van der Waals surface area contributed by atoms with Crippen LogP contribution >= 0.6 is 11.3 Å². The number of amides is 1. The molecule has 2 aromatic carbocycles. The molecule has 3 aromatic rings. The highest BCUT2D eigenvalue weighted by molar-refractivity contribution is 7.07. The highest BCUT2D eigenvalue weighted by Crippen LogP contribution is 2.34. The molecule has 5 heteroatoms. The van der Waals surface area contributed by atoms with Gasteiger partial charge in [-0.1, -0.05) is 24.3 Å². The Kier molecular flexibility index (Phi) is 5.44. The molecule has 0 bridgehead atoms. The molecule has 1 aromatic heterocycles. The van der Waals surface area contributed by atoms with Crippen LogP contribution in [0, 0.1) is 13.8 Å². The smallest absolute Gasteiger partial charge is 0.254 e. The van der Waals surface area contributed by atoms with Gasteiger partial charge in [0.1, 0.15) is 12.4 Å². The second-order valence-corrected chi connectivity index (χ2v) is 8.02. The molecule has 28 heavy (non-hydrogen) atoms. The molecule has 0 radical (unpaired) electrons. The summed E-state index contributed by atoms with van der Waals surface area (Å²) < 4.78 is 5.82. The Bertz CT molecular complexity index is 968. The summed E-state index contributed by atoms with van der Waals surface area (Å²) in [5.41, 5.74) is 7.14. The highest BCUT2D eigenvalue weighted by Gasteiger charge is 2.30. The van der Waals surface area contributed by atoms with Crippen LogP contribution in [0.4, 0.5) is 0 Å². The molecule has 0 saturated carbocycles. The predicted molar refractivity (Wildman–Crippen MR) is 112 cm³/mol. The molecule has 2 heterocycles. The lowest BCUT2D eigenvalue weighted by molar-refractivity contribution is 0.0735. The normalized spacial score (nSPS) is 16.4. The molecule has 0 N–H and O–H groups in total. The van der Waals surface area contributed by atoms with E-state index in [1.165, 1.54) is 16.7 Å². The van der Waals surface area contributed by atoms with Crippen LogP contribution in [0.25, 0.3) is 0 Å². The van der Waals surface area contributed by atoms with Gasteiger partial charge in [0.2, 0.25) is 0 Å². The molecule has 1 saturated heterocycles. The monoisotopic (exact) mass is 392 g/mol. The van der Waals surface area contributed by atoms with Crippen molar-refractivity contribution < 1.29 is 9.53 Å². The minimum Gasteiger partial charge on any atom is -0.487 e. The summed E-state index contributed by atoms with van der Waals surface area (Å²) in [5.74, 6) is 0.764. The number of ether oxygens (including phenoxy) is 1. The molecule has 1 fully saturated rings. The molecular formula is C23H24N2O2S. The molecule has 0 spiro atoms. The van der Waals surface area contributed by atoms with Crippen LogP contribution in [0.2, 0.25) is 0 Å². The number of aromatic nitrogens is 1. The topological polar surface area (TPSA) is 42.4 Å². The number of thiazole rings is 1. The van der Waals surface area contributed by atoms with E-state index in [2.05, 4.69) is 37.0 Å². The fourth-order valence-electron chi connectivity index (χ4n) is 3.68. The van der Waals surface area contributed by atoms with Gasteiger partial charge in [0, 0.05) is 17.5 Å². The minimum atomic E-state index is 0.0693. The van der Waals surface area contributed by atoms with E-state index in [9.17, 15) is 4.79 Å². The van der Waals surface area contributed by atoms with E-state index >= 15 is 0 Å². The van der Waals surface area contributed by atoms with Crippen molar-refractivity contribution in [3.05, 3.63) is 81.3 Å². The third-order valence-corrected chi connectivity index (χ3v) is 6.02. The quantitative estimate of drug-likeness (QED) is 0.590. The first-order valence-electron chi connectivity index (χ1n) is 9.60. The SMILES string of the molecule is Cc1ccc(C2CCCN2C(=O)c2cccc(OCc3cscn3)c2)cc1C. The van der Waals surface area contributed by atoms with Crippen LogP contribution in [0.5, 0.6) is 5.75 Å². The van der Waals surface area contributed by atoms with Crippen LogP contribution in [-0.2, 0) is 6.61 Å². The number of carbonyl (C=O) groups excluding carboxylic acids is 1. The van der Waals surface area contributed by atoms with E-state index in [1.807, 2.05) is 34.5 Å². The lowest BCUT2D eigenvalue weighted by Gasteiger charge is -2.26. The van der Waals surface area contributed by atoms with Gasteiger partial charge >= 0.3 is 0 Å². The van der Waals surface area contributed by atoms with E-state index < -0.39 is 0 Å². The van der Waals surface area contributed by atoms with Gasteiger partial charge in [-0.3, -0.25) is 4.79 Å². The number of rotatable bonds is 5. The Hall–Kier alpha value is -2.66. The van der Waals surface area contributed by atoms with Gasteiger partial charge in [-0.25, -0.2) is 4.98 Å². The number of aryl methyl sites for hydroxylation is 2. The third kappa shape index (κ3) is 3.94. The Labute approximate surface area is 169 Å². The number of benzene rings is 2. The Morgan fingerprint density at radius 2 is 2.11 bits per heavy atom. The van der Waals surface area contributed by atoms with Crippen molar-refractivity contribution in [2.45, 2.75) is 39.3 Å². The average Bonchev–Trinajstić information content (AvgIpc) is 3.40. The molecule has 144 valence electrons. The maximum atomic E-state index is 13.2. The Morgan fingerprint density at radius 3 is 2.89 bits per heavy atom. The summed E-state index contributed by atoms with van der Waals surface area (Å²) in [5, 5.41) is 1.97. The van der Waals surface area contributed by atoms with Crippen molar-refractivity contribution in [3.8, 4) is 5.75 Å². The molecule has 1 atom stereocenters. The predicted octanol–water partition coefficient (Wildman–Crippen LogP) is 5.32. The van der Waals surface area contributed by atoms with Crippen molar-refractivity contribution in [1.82, 2.24) is 9.88 Å². The zero-order valence-corrected chi connectivity index (χ0v) is 17.0. The van der Waals surface area contributed by atoms with E-state index in [0.29, 0.717) is 17.9 Å². The second kappa shape index (κ2) is 8.15. The average molecular weight is 393 g/mol. The van der Waals surface area contributed by atoms with Crippen molar-refractivity contribution in [2.24, 2.45) is 0 Å². The molecule has 1 unspecified atom stereocenters. The van der Waals surface area contributed by atoms with Gasteiger partial charge in [0.15, 0.2) is 0 Å². The number of hydrogen-bond donors (Lipinski definition) is 0. The maximum Gasteiger partial charge on any atom is 0.254 e. The Morgan fingerprint density at radius 1 is 1.21 bits per heavy atom. The van der Waals surface area contributed by atoms with Crippen molar-refractivity contribution >= 4 is 17.2 Å². The van der Waals surface area contributed by atoms with Gasteiger partial charge in [-0.05, 0) is 61.6 Å². The van der Waals surface area contributed by atoms with Gasteiger partial charge < -0.3 is 9.64 Å². The number of likely N-dealkylation sites (tertiary alicyclic amines) is 1.